The second-order valence-electron chi connectivity index (χ2n) is 8.40. The van der Waals surface area contributed by atoms with Crippen molar-refractivity contribution in [2.45, 2.75) is 35.6 Å². The molecule has 1 amide bonds. The summed E-state index contributed by atoms with van der Waals surface area (Å²) in [7, 11) is -3.96. The van der Waals surface area contributed by atoms with Gasteiger partial charge >= 0.3 is 0 Å². The van der Waals surface area contributed by atoms with E-state index >= 15 is 0 Å². The fourth-order valence-electron chi connectivity index (χ4n) is 4.08. The van der Waals surface area contributed by atoms with E-state index in [1.807, 2.05) is 4.90 Å². The van der Waals surface area contributed by atoms with Gasteiger partial charge in [0.25, 0.3) is 5.91 Å². The molecule has 1 saturated heterocycles. The van der Waals surface area contributed by atoms with Crippen molar-refractivity contribution in [2.75, 3.05) is 18.0 Å². The topological polar surface area (TPSA) is 121 Å². The monoisotopic (exact) mass is 494 g/mol. The number of aromatic nitrogens is 4. The third kappa shape index (κ3) is 4.85. The summed E-state index contributed by atoms with van der Waals surface area (Å²) in [6.45, 7) is 1.65. The maximum atomic E-state index is 14.3. The van der Waals surface area contributed by atoms with Crippen molar-refractivity contribution in [2.24, 2.45) is 0 Å². The molecule has 0 atom stereocenters. The Morgan fingerprint density at radius 3 is 2.60 bits per heavy atom. The first-order valence-corrected chi connectivity index (χ1v) is 12.7. The number of hydrogen-bond acceptors (Lipinski definition) is 7. The number of hydrogen-bond donors (Lipinski definition) is 2. The van der Waals surface area contributed by atoms with Gasteiger partial charge in [0.2, 0.25) is 9.84 Å². The highest BCUT2D eigenvalue weighted by Crippen LogP contribution is 2.28. The molecule has 2 N–H and O–H groups in total. The highest BCUT2D eigenvalue weighted by Gasteiger charge is 2.22. The maximum Gasteiger partial charge on any atom is 0.253 e. The molecule has 1 aliphatic heterocycles. The number of H-pyrrole nitrogens is 1. The van der Waals surface area contributed by atoms with E-state index in [-0.39, 0.29) is 22.2 Å². The van der Waals surface area contributed by atoms with Crippen molar-refractivity contribution in [3.8, 4) is 0 Å². The molecular weight excluding hydrogens is 471 g/mol. The normalized spacial score (nSPS) is 14.3. The average molecular weight is 495 g/mol. The average Bonchev–Trinajstić information content (AvgIpc) is 3.36. The zero-order valence-electron chi connectivity index (χ0n) is 18.7. The Balaban J connectivity index is 1.29. The van der Waals surface area contributed by atoms with Crippen molar-refractivity contribution in [3.63, 3.8) is 0 Å². The molecule has 1 aromatic carbocycles. The molecule has 11 heteroatoms. The lowest BCUT2D eigenvalue weighted by atomic mass is 10.1. The molecule has 0 bridgehead atoms. The van der Waals surface area contributed by atoms with Crippen molar-refractivity contribution in [1.29, 1.82) is 0 Å². The highest BCUT2D eigenvalue weighted by atomic mass is 32.2. The van der Waals surface area contributed by atoms with E-state index in [1.54, 1.807) is 12.3 Å². The first-order chi connectivity index (χ1) is 16.9. The van der Waals surface area contributed by atoms with Crippen LogP contribution in [0.2, 0.25) is 0 Å². The van der Waals surface area contributed by atoms with Crippen LogP contribution in [0, 0.1) is 5.82 Å². The number of sulfone groups is 1. The van der Waals surface area contributed by atoms with Gasteiger partial charge in [0.15, 0.2) is 5.65 Å². The van der Waals surface area contributed by atoms with Gasteiger partial charge in [0.05, 0.1) is 33.8 Å². The van der Waals surface area contributed by atoms with E-state index in [1.165, 1.54) is 36.7 Å². The second-order valence-corrected chi connectivity index (χ2v) is 10.3. The first-order valence-electron chi connectivity index (χ1n) is 11.2. The number of amides is 1. The van der Waals surface area contributed by atoms with Gasteiger partial charge in [-0.15, -0.1) is 0 Å². The van der Waals surface area contributed by atoms with Crippen molar-refractivity contribution in [3.05, 3.63) is 72.1 Å². The van der Waals surface area contributed by atoms with Crippen molar-refractivity contribution < 1.29 is 17.6 Å². The quantitative estimate of drug-likeness (QED) is 0.422. The van der Waals surface area contributed by atoms with Crippen LogP contribution in [-0.2, 0) is 16.4 Å². The number of nitrogens with zero attached hydrogens (tertiary/aromatic N) is 4. The Labute approximate surface area is 201 Å². The third-order valence-electron chi connectivity index (χ3n) is 5.98. The van der Waals surface area contributed by atoms with Crippen LogP contribution in [0.4, 0.5) is 10.1 Å². The molecule has 35 heavy (non-hydrogen) atoms. The van der Waals surface area contributed by atoms with Crippen LogP contribution in [0.5, 0.6) is 0 Å². The Morgan fingerprint density at radius 2 is 1.83 bits per heavy atom. The molecule has 5 rings (SSSR count). The molecule has 4 heterocycles. The molecule has 0 saturated carbocycles. The van der Waals surface area contributed by atoms with Crippen LogP contribution in [0.25, 0.3) is 11.0 Å². The molecular formula is C24H23FN6O3S. The number of anilines is 1. The molecule has 9 nitrogen and oxygen atoms in total. The summed E-state index contributed by atoms with van der Waals surface area (Å²) in [5, 5.41) is 10.0. The van der Waals surface area contributed by atoms with Gasteiger partial charge in [-0.2, -0.15) is 5.10 Å². The molecule has 4 aromatic rings. The van der Waals surface area contributed by atoms with E-state index < -0.39 is 15.7 Å². The largest absolute Gasteiger partial charge is 0.371 e. The number of carbonyl (C=O) groups excluding carboxylic acids is 1. The second kappa shape index (κ2) is 9.41. The van der Waals surface area contributed by atoms with Crippen LogP contribution >= 0.6 is 0 Å². The predicted octanol–water partition coefficient (Wildman–Crippen LogP) is 3.25. The third-order valence-corrected chi connectivity index (χ3v) is 7.70. The number of rotatable bonds is 6. The molecule has 0 unspecified atom stereocenters. The minimum absolute atomic E-state index is 0.0441. The lowest BCUT2D eigenvalue weighted by Gasteiger charge is -2.29. The summed E-state index contributed by atoms with van der Waals surface area (Å²) in [5.74, 6) is -0.939. The van der Waals surface area contributed by atoms with Crippen molar-refractivity contribution in [1.82, 2.24) is 25.5 Å². The molecule has 3 aromatic heterocycles. The Kier molecular flexibility index (Phi) is 6.16. The zero-order valence-corrected chi connectivity index (χ0v) is 19.6. The van der Waals surface area contributed by atoms with Gasteiger partial charge < -0.3 is 10.2 Å². The van der Waals surface area contributed by atoms with E-state index in [0.29, 0.717) is 28.0 Å². The summed E-state index contributed by atoms with van der Waals surface area (Å²) in [6.07, 6.45) is 7.35. The highest BCUT2D eigenvalue weighted by molar-refractivity contribution is 7.91. The first kappa shape index (κ1) is 22.9. The molecule has 1 fully saturated rings. The number of halogens is 1. The van der Waals surface area contributed by atoms with Gasteiger partial charge in [0, 0.05) is 36.6 Å². The lowest BCUT2D eigenvalue weighted by molar-refractivity contribution is 0.0950. The van der Waals surface area contributed by atoms with Crippen LogP contribution in [-0.4, -0.2) is 47.6 Å². The van der Waals surface area contributed by atoms with E-state index in [4.69, 9.17) is 0 Å². The van der Waals surface area contributed by atoms with E-state index in [0.717, 1.165) is 38.4 Å². The Bertz CT molecular complexity index is 1480. The van der Waals surface area contributed by atoms with E-state index in [2.05, 4.69) is 25.5 Å². The van der Waals surface area contributed by atoms with Gasteiger partial charge in [0.1, 0.15) is 5.82 Å². The van der Waals surface area contributed by atoms with Crippen LogP contribution < -0.4 is 10.2 Å². The molecule has 180 valence electrons. The fraction of sp³-hybridized carbons (Fsp3) is 0.250. The standard InChI is InChI=1S/C24H23FN6O3S/c25-18-9-20(31-6-2-1-3-7-31)11-22(10-18)35(33,34)21-5-4-19(26-15-21)14-28-24(32)17-8-16-13-29-30-23(16)27-12-17/h4-5,8-13,15H,1-3,6-7,14H2,(H,28,32)(H,27,29,30). The van der Waals surface area contributed by atoms with Crippen molar-refractivity contribution >= 4 is 32.5 Å². The summed E-state index contributed by atoms with van der Waals surface area (Å²) >= 11 is 0. The number of carbonyl (C=O) groups is 1. The Hall–Kier alpha value is -3.86. The summed E-state index contributed by atoms with van der Waals surface area (Å²) in [5.41, 5.74) is 2.00. The van der Waals surface area contributed by atoms with Crippen LogP contribution in [0.3, 0.4) is 0 Å². The SMILES string of the molecule is O=C(NCc1ccc(S(=O)(=O)c2cc(F)cc(N3CCCCC3)c2)cn1)c1cnc2[nH]ncc2c1. The maximum absolute atomic E-state index is 14.3. The lowest BCUT2D eigenvalue weighted by Crippen LogP contribution is -2.29. The number of aromatic amines is 1. The number of fused-ring (bicyclic) bond motifs is 1. The molecule has 1 aliphatic rings. The molecule has 0 radical (unpaired) electrons. The molecule has 0 aliphatic carbocycles. The van der Waals surface area contributed by atoms with Gasteiger partial charge in [-0.1, -0.05) is 0 Å². The fourth-order valence-corrected chi connectivity index (χ4v) is 5.34. The smallest absolute Gasteiger partial charge is 0.253 e. The van der Waals surface area contributed by atoms with E-state index in [9.17, 15) is 17.6 Å². The number of benzene rings is 1. The zero-order chi connectivity index (χ0) is 24.4. The molecule has 0 spiro atoms. The minimum Gasteiger partial charge on any atom is -0.371 e. The van der Waals surface area contributed by atoms with Gasteiger partial charge in [-0.3, -0.25) is 14.9 Å². The Morgan fingerprint density at radius 1 is 1.00 bits per heavy atom. The minimum atomic E-state index is -3.96. The summed E-state index contributed by atoms with van der Waals surface area (Å²) in [4.78, 5) is 22.6. The van der Waals surface area contributed by atoms with Gasteiger partial charge in [-0.05, 0) is 55.7 Å². The number of pyridine rings is 2. The number of piperidine rings is 1. The van der Waals surface area contributed by atoms with Gasteiger partial charge in [-0.25, -0.2) is 17.8 Å². The van der Waals surface area contributed by atoms with Crippen LogP contribution in [0.15, 0.2) is 64.8 Å². The summed E-state index contributed by atoms with van der Waals surface area (Å²) in [6, 6.07) is 8.52. The van der Waals surface area contributed by atoms with Crippen LogP contribution in [0.1, 0.15) is 35.3 Å². The predicted molar refractivity (Wildman–Crippen MR) is 127 cm³/mol. The number of nitrogens with one attached hydrogen (secondary N) is 2. The summed E-state index contributed by atoms with van der Waals surface area (Å²) < 4.78 is 40.6.